The molecule has 0 saturated carbocycles. The van der Waals surface area contributed by atoms with Gasteiger partial charge in [0.05, 0.1) is 0 Å². The predicted octanol–water partition coefficient (Wildman–Crippen LogP) is 1.02. The molecule has 0 N–H and O–H groups in total. The molecule has 0 aromatic carbocycles. The molecule has 14 heteroatoms. The van der Waals surface area contributed by atoms with Crippen LogP contribution in [0.4, 0.5) is 0 Å². The molecule has 0 aliphatic rings. The van der Waals surface area contributed by atoms with E-state index in [0.29, 0.717) is 0 Å². The first-order chi connectivity index (χ1) is 13.7. The SMILES string of the molecule is CC(=O)[O][Sn]([CH2]CC[CH2][Sn]([O]C(C)=O)([O]C(C)=O)[O]C(C)=O)([O]C(C)=O)[O]C(C)=O. The van der Waals surface area contributed by atoms with Crippen LogP contribution in [0.1, 0.15) is 54.4 Å². The Kier molecular flexibility index (Phi) is 12.3. The van der Waals surface area contributed by atoms with Gasteiger partial charge in [0.2, 0.25) is 0 Å². The van der Waals surface area contributed by atoms with Gasteiger partial charge in [-0.2, -0.15) is 0 Å². The summed E-state index contributed by atoms with van der Waals surface area (Å²) in [5.41, 5.74) is 0. The molecule has 0 spiro atoms. The zero-order chi connectivity index (χ0) is 23.5. The quantitative estimate of drug-likeness (QED) is 0.232. The molecule has 0 amide bonds. The van der Waals surface area contributed by atoms with E-state index in [9.17, 15) is 28.8 Å². The maximum atomic E-state index is 11.5. The molecular weight excluding hydrogens is 622 g/mol. The molecule has 0 radical (unpaired) electrons. The van der Waals surface area contributed by atoms with Gasteiger partial charge in [0.25, 0.3) is 0 Å². The average Bonchev–Trinajstić information content (AvgIpc) is 2.47. The van der Waals surface area contributed by atoms with Crippen molar-refractivity contribution in [3.05, 3.63) is 0 Å². The second-order valence-corrected chi connectivity index (χ2v) is 20.3. The number of carbonyl (C=O) groups is 6. The summed E-state index contributed by atoms with van der Waals surface area (Å²) in [5.74, 6) is -4.66. The van der Waals surface area contributed by atoms with Crippen molar-refractivity contribution < 1.29 is 47.2 Å². The Hall–Kier alpha value is -1.58. The number of hydrogen-bond acceptors (Lipinski definition) is 12. The summed E-state index contributed by atoms with van der Waals surface area (Å²) >= 11 is -9.83. The topological polar surface area (TPSA) is 158 Å². The minimum absolute atomic E-state index is 0.0599. The van der Waals surface area contributed by atoms with E-state index in [2.05, 4.69) is 0 Å². The van der Waals surface area contributed by atoms with Gasteiger partial charge < -0.3 is 0 Å². The number of carbonyl (C=O) groups excluding carboxylic acids is 6. The van der Waals surface area contributed by atoms with Crippen molar-refractivity contribution in [1.82, 2.24) is 0 Å². The number of rotatable bonds is 11. The van der Waals surface area contributed by atoms with Crippen LogP contribution in [0.25, 0.3) is 0 Å². The Morgan fingerprint density at radius 1 is 0.433 bits per heavy atom. The second kappa shape index (κ2) is 13.0. The van der Waals surface area contributed by atoms with E-state index in [1.807, 2.05) is 0 Å². The molecule has 12 nitrogen and oxygen atoms in total. The summed E-state index contributed by atoms with van der Waals surface area (Å²) in [6, 6.07) is 0. The van der Waals surface area contributed by atoms with Gasteiger partial charge in [0, 0.05) is 0 Å². The average molecular weight is 648 g/mol. The first kappa shape index (κ1) is 28.4. The molecule has 0 rings (SSSR count). The summed E-state index contributed by atoms with van der Waals surface area (Å²) < 4.78 is 30.7. The van der Waals surface area contributed by atoms with Crippen LogP contribution in [0.3, 0.4) is 0 Å². The van der Waals surface area contributed by atoms with Gasteiger partial charge in [0.1, 0.15) is 0 Å². The third kappa shape index (κ3) is 12.2. The van der Waals surface area contributed by atoms with E-state index in [1.165, 1.54) is 0 Å². The monoisotopic (exact) mass is 650 g/mol. The van der Waals surface area contributed by atoms with E-state index in [0.717, 1.165) is 41.5 Å². The molecule has 0 fully saturated rings. The van der Waals surface area contributed by atoms with Gasteiger partial charge in [0.15, 0.2) is 0 Å². The van der Waals surface area contributed by atoms with Crippen molar-refractivity contribution in [2.24, 2.45) is 0 Å². The third-order valence-electron chi connectivity index (χ3n) is 3.01. The van der Waals surface area contributed by atoms with Crippen molar-refractivity contribution in [1.29, 1.82) is 0 Å². The third-order valence-corrected chi connectivity index (χ3v) is 18.8. The van der Waals surface area contributed by atoms with Gasteiger partial charge in [-0.15, -0.1) is 0 Å². The molecule has 30 heavy (non-hydrogen) atoms. The van der Waals surface area contributed by atoms with Crippen LogP contribution in [0.2, 0.25) is 8.87 Å². The van der Waals surface area contributed by atoms with E-state index < -0.39 is 75.1 Å². The number of hydrogen-bond donors (Lipinski definition) is 0. The standard InChI is InChI=1S/C4H8.6C2H4O2.2Sn/c1-3-4-2;6*1-2(3)4;;/h1-4H2;6*1H3,(H,3,4);;/q;;;;;;;2*+3/p-6. The first-order valence-corrected chi connectivity index (χ1v) is 19.9. The van der Waals surface area contributed by atoms with Crippen LogP contribution in [0.5, 0.6) is 0 Å². The van der Waals surface area contributed by atoms with Crippen LogP contribution in [0, 0.1) is 0 Å². The van der Waals surface area contributed by atoms with Gasteiger partial charge in [-0.3, -0.25) is 0 Å². The molecule has 0 aromatic heterocycles. The van der Waals surface area contributed by atoms with E-state index >= 15 is 0 Å². The molecule has 0 unspecified atom stereocenters. The molecule has 0 saturated heterocycles. The van der Waals surface area contributed by atoms with Crippen molar-refractivity contribution >= 4 is 75.1 Å². The fourth-order valence-electron chi connectivity index (χ4n) is 2.43. The molecule has 0 aliphatic carbocycles. The Balaban J connectivity index is 5.46. The van der Waals surface area contributed by atoms with Gasteiger partial charge in [-0.05, 0) is 0 Å². The maximum absolute atomic E-state index is 11.5. The molecule has 170 valence electrons. The van der Waals surface area contributed by atoms with E-state index in [4.69, 9.17) is 18.4 Å². The first-order valence-electron chi connectivity index (χ1n) is 8.88. The van der Waals surface area contributed by atoms with E-state index in [-0.39, 0.29) is 21.7 Å². The Bertz CT molecular complexity index is 550. The molecule has 0 atom stereocenters. The molecule has 0 heterocycles. The van der Waals surface area contributed by atoms with Gasteiger partial charge in [-0.25, -0.2) is 0 Å². The summed E-state index contributed by atoms with van der Waals surface area (Å²) in [5, 5.41) is 0. The predicted molar refractivity (Wildman–Crippen MR) is 101 cm³/mol. The van der Waals surface area contributed by atoms with E-state index in [1.54, 1.807) is 0 Å². The molecule has 0 aromatic rings. The summed E-state index contributed by atoms with van der Waals surface area (Å²) in [7, 11) is 0. The summed E-state index contributed by atoms with van der Waals surface area (Å²) in [6.45, 7) is 6.51. The second-order valence-electron chi connectivity index (χ2n) is 6.13. The van der Waals surface area contributed by atoms with Gasteiger partial charge >= 0.3 is 186 Å². The van der Waals surface area contributed by atoms with Crippen LogP contribution in [-0.2, 0) is 47.2 Å². The van der Waals surface area contributed by atoms with Crippen molar-refractivity contribution in [3.63, 3.8) is 0 Å². The summed E-state index contributed by atoms with van der Waals surface area (Å²) in [6.07, 6.45) is 0.346. The Morgan fingerprint density at radius 3 is 0.733 bits per heavy atom. The fraction of sp³-hybridized carbons (Fsp3) is 0.625. The van der Waals surface area contributed by atoms with Crippen LogP contribution >= 0.6 is 0 Å². The fourth-order valence-corrected chi connectivity index (χ4v) is 16.3. The molecule has 0 aliphatic heterocycles. The number of unbranched alkanes of at least 4 members (excludes halogenated alkanes) is 1. The summed E-state index contributed by atoms with van der Waals surface area (Å²) in [4.78, 5) is 68.8. The van der Waals surface area contributed by atoms with Crippen LogP contribution in [-0.4, -0.2) is 75.1 Å². The molecule has 0 bridgehead atoms. The van der Waals surface area contributed by atoms with Crippen molar-refractivity contribution in [2.45, 2.75) is 63.3 Å². The minimum atomic E-state index is -4.92. The zero-order valence-corrected chi connectivity index (χ0v) is 23.4. The zero-order valence-electron chi connectivity index (χ0n) is 17.7. The van der Waals surface area contributed by atoms with Gasteiger partial charge in [-0.1, -0.05) is 0 Å². The van der Waals surface area contributed by atoms with Crippen molar-refractivity contribution in [2.75, 3.05) is 0 Å². The molecular formula is C16H26O12Sn2. The van der Waals surface area contributed by atoms with Crippen LogP contribution < -0.4 is 0 Å². The Labute approximate surface area is 184 Å². The van der Waals surface area contributed by atoms with Crippen molar-refractivity contribution in [3.8, 4) is 0 Å². The Morgan fingerprint density at radius 2 is 0.600 bits per heavy atom. The normalized spacial score (nSPS) is 11.0. The van der Waals surface area contributed by atoms with Crippen LogP contribution in [0.15, 0.2) is 0 Å².